The summed E-state index contributed by atoms with van der Waals surface area (Å²) in [6, 6.07) is 4.09. The Hall–Kier alpha value is -2.64. The molecule has 0 saturated heterocycles. The van der Waals surface area contributed by atoms with Crippen LogP contribution in [0.4, 0.5) is 16.2 Å². The summed E-state index contributed by atoms with van der Waals surface area (Å²) < 4.78 is 9.85. The van der Waals surface area contributed by atoms with Crippen molar-refractivity contribution >= 4 is 23.4 Å². The highest BCUT2D eigenvalue weighted by Crippen LogP contribution is 2.26. The Morgan fingerprint density at radius 3 is 2.48 bits per heavy atom. The van der Waals surface area contributed by atoms with Crippen LogP contribution in [0.2, 0.25) is 0 Å². The summed E-state index contributed by atoms with van der Waals surface area (Å²) in [4.78, 5) is 33.7. The molecule has 1 aromatic carbocycles. The molecule has 0 aliphatic heterocycles. The molecule has 126 valence electrons. The normalized spacial score (nSPS) is 10.8. The molecular weight excluding hydrogens is 304 g/mol. The van der Waals surface area contributed by atoms with Gasteiger partial charge in [-0.2, -0.15) is 0 Å². The second-order valence-corrected chi connectivity index (χ2v) is 5.72. The number of amides is 1. The Bertz CT molecular complexity index is 606. The SMILES string of the molecule is CCOC(=O)Cc1ccc(NC(=O)OC(C)(C)C)c([N+](=O)[O-])c1. The highest BCUT2D eigenvalue weighted by Gasteiger charge is 2.21. The topological polar surface area (TPSA) is 108 Å². The number of carbonyl (C=O) groups is 2. The number of esters is 1. The number of nitro benzene ring substituents is 1. The minimum Gasteiger partial charge on any atom is -0.466 e. The minimum absolute atomic E-state index is 0.00291. The Labute approximate surface area is 133 Å². The summed E-state index contributed by atoms with van der Waals surface area (Å²) in [5, 5.41) is 13.5. The van der Waals surface area contributed by atoms with Gasteiger partial charge in [0.1, 0.15) is 11.3 Å². The van der Waals surface area contributed by atoms with Gasteiger partial charge in [0.25, 0.3) is 5.69 Å². The highest BCUT2D eigenvalue weighted by atomic mass is 16.6. The van der Waals surface area contributed by atoms with E-state index < -0.39 is 22.6 Å². The van der Waals surface area contributed by atoms with Gasteiger partial charge in [0.2, 0.25) is 0 Å². The summed E-state index contributed by atoms with van der Waals surface area (Å²) in [5.41, 5.74) is -0.623. The zero-order chi connectivity index (χ0) is 17.6. The molecule has 0 aliphatic rings. The molecule has 0 radical (unpaired) electrons. The van der Waals surface area contributed by atoms with Gasteiger partial charge >= 0.3 is 12.1 Å². The van der Waals surface area contributed by atoms with Crippen molar-refractivity contribution in [1.82, 2.24) is 0 Å². The first kappa shape index (κ1) is 18.4. The fraction of sp³-hybridized carbons (Fsp3) is 0.467. The molecule has 8 nitrogen and oxygen atoms in total. The molecule has 1 amide bonds. The fourth-order valence-electron chi connectivity index (χ4n) is 1.74. The molecule has 0 atom stereocenters. The molecule has 0 saturated carbocycles. The standard InChI is InChI=1S/C15H20N2O6/c1-5-22-13(18)9-10-6-7-11(12(8-10)17(20)21)16-14(19)23-15(2,3)4/h6-8H,5,9H2,1-4H3,(H,16,19). The predicted octanol–water partition coefficient (Wildman–Crippen LogP) is 3.05. The fourth-order valence-corrected chi connectivity index (χ4v) is 1.74. The molecule has 23 heavy (non-hydrogen) atoms. The van der Waals surface area contributed by atoms with Crippen molar-refractivity contribution in [3.05, 3.63) is 33.9 Å². The molecule has 0 bridgehead atoms. The van der Waals surface area contributed by atoms with Crippen LogP contribution in [0.15, 0.2) is 18.2 Å². The predicted molar refractivity (Wildman–Crippen MR) is 83.3 cm³/mol. The van der Waals surface area contributed by atoms with Crippen LogP contribution in [0.25, 0.3) is 0 Å². The third-order valence-electron chi connectivity index (χ3n) is 2.55. The summed E-state index contributed by atoms with van der Waals surface area (Å²) in [6.45, 7) is 6.96. The van der Waals surface area contributed by atoms with Gasteiger partial charge in [-0.25, -0.2) is 4.79 Å². The minimum atomic E-state index is -0.793. The highest BCUT2D eigenvalue weighted by molar-refractivity contribution is 5.88. The maximum Gasteiger partial charge on any atom is 0.412 e. The van der Waals surface area contributed by atoms with Gasteiger partial charge < -0.3 is 9.47 Å². The van der Waals surface area contributed by atoms with E-state index in [0.29, 0.717) is 5.56 Å². The van der Waals surface area contributed by atoms with Crippen LogP contribution in [0.1, 0.15) is 33.3 Å². The lowest BCUT2D eigenvalue weighted by molar-refractivity contribution is -0.384. The van der Waals surface area contributed by atoms with E-state index in [1.807, 2.05) is 0 Å². The van der Waals surface area contributed by atoms with Crippen LogP contribution in [-0.2, 0) is 20.7 Å². The lowest BCUT2D eigenvalue weighted by Crippen LogP contribution is -2.27. The van der Waals surface area contributed by atoms with E-state index >= 15 is 0 Å². The van der Waals surface area contributed by atoms with Crippen molar-refractivity contribution in [3.8, 4) is 0 Å². The van der Waals surface area contributed by atoms with Crippen molar-refractivity contribution in [2.75, 3.05) is 11.9 Å². The number of hydrogen-bond acceptors (Lipinski definition) is 6. The number of hydrogen-bond donors (Lipinski definition) is 1. The average Bonchev–Trinajstić information content (AvgIpc) is 2.38. The number of benzene rings is 1. The molecule has 0 heterocycles. The van der Waals surface area contributed by atoms with Crippen molar-refractivity contribution in [2.24, 2.45) is 0 Å². The molecule has 0 aromatic heterocycles. The smallest absolute Gasteiger partial charge is 0.412 e. The molecule has 1 aromatic rings. The Kier molecular flexibility index (Phi) is 6.06. The molecule has 0 fully saturated rings. The van der Waals surface area contributed by atoms with Gasteiger partial charge in [-0.1, -0.05) is 6.07 Å². The van der Waals surface area contributed by atoms with Crippen molar-refractivity contribution in [3.63, 3.8) is 0 Å². The molecular formula is C15H20N2O6. The first-order chi connectivity index (χ1) is 10.6. The number of nitrogens with one attached hydrogen (secondary N) is 1. The van der Waals surface area contributed by atoms with Crippen molar-refractivity contribution in [2.45, 2.75) is 39.7 Å². The lowest BCUT2D eigenvalue weighted by atomic mass is 10.1. The lowest BCUT2D eigenvalue weighted by Gasteiger charge is -2.19. The molecule has 0 spiro atoms. The number of ether oxygens (including phenoxy) is 2. The van der Waals surface area contributed by atoms with Gasteiger partial charge in [-0.3, -0.25) is 20.2 Å². The van der Waals surface area contributed by atoms with Crippen LogP contribution < -0.4 is 5.32 Å². The number of carbonyl (C=O) groups excluding carboxylic acids is 2. The first-order valence-electron chi connectivity index (χ1n) is 7.05. The number of nitro groups is 1. The first-order valence-corrected chi connectivity index (χ1v) is 7.05. The second kappa shape index (κ2) is 7.57. The van der Waals surface area contributed by atoms with E-state index in [0.717, 1.165) is 0 Å². The zero-order valence-corrected chi connectivity index (χ0v) is 13.5. The molecule has 0 unspecified atom stereocenters. The summed E-state index contributed by atoms with van der Waals surface area (Å²) in [7, 11) is 0. The average molecular weight is 324 g/mol. The van der Waals surface area contributed by atoms with Gasteiger partial charge in [0, 0.05) is 6.07 Å². The molecule has 1 rings (SSSR count). The van der Waals surface area contributed by atoms with E-state index in [9.17, 15) is 19.7 Å². The monoisotopic (exact) mass is 324 g/mol. The van der Waals surface area contributed by atoms with Crippen LogP contribution in [0.5, 0.6) is 0 Å². The van der Waals surface area contributed by atoms with E-state index in [-0.39, 0.29) is 24.4 Å². The third kappa shape index (κ3) is 6.33. The third-order valence-corrected chi connectivity index (χ3v) is 2.55. The summed E-state index contributed by atoms with van der Waals surface area (Å²) >= 11 is 0. The number of nitrogens with zero attached hydrogens (tertiary/aromatic N) is 1. The van der Waals surface area contributed by atoms with Crippen LogP contribution >= 0.6 is 0 Å². The maximum atomic E-state index is 11.7. The molecule has 8 heteroatoms. The molecule has 0 aliphatic carbocycles. The van der Waals surface area contributed by atoms with E-state index in [4.69, 9.17) is 9.47 Å². The largest absolute Gasteiger partial charge is 0.466 e. The maximum absolute atomic E-state index is 11.7. The van der Waals surface area contributed by atoms with Crippen LogP contribution in [0, 0.1) is 10.1 Å². The Morgan fingerprint density at radius 1 is 1.30 bits per heavy atom. The van der Waals surface area contributed by atoms with E-state index in [1.54, 1.807) is 27.7 Å². The Morgan fingerprint density at radius 2 is 1.96 bits per heavy atom. The van der Waals surface area contributed by atoms with Gasteiger partial charge in [0.05, 0.1) is 18.0 Å². The summed E-state index contributed by atoms with van der Waals surface area (Å²) in [6.07, 6.45) is -0.875. The van der Waals surface area contributed by atoms with E-state index in [1.165, 1.54) is 18.2 Å². The van der Waals surface area contributed by atoms with Crippen molar-refractivity contribution in [1.29, 1.82) is 0 Å². The second-order valence-electron chi connectivity index (χ2n) is 5.72. The quantitative estimate of drug-likeness (QED) is 0.506. The molecule has 1 N–H and O–H groups in total. The van der Waals surface area contributed by atoms with Gasteiger partial charge in [-0.15, -0.1) is 0 Å². The number of anilines is 1. The van der Waals surface area contributed by atoms with Crippen molar-refractivity contribution < 1.29 is 24.0 Å². The van der Waals surface area contributed by atoms with Crippen LogP contribution in [0.3, 0.4) is 0 Å². The summed E-state index contributed by atoms with van der Waals surface area (Å²) in [5.74, 6) is -0.477. The Balaban J connectivity index is 2.94. The van der Waals surface area contributed by atoms with E-state index in [2.05, 4.69) is 5.32 Å². The zero-order valence-electron chi connectivity index (χ0n) is 13.5. The van der Waals surface area contributed by atoms with Gasteiger partial charge in [-0.05, 0) is 39.3 Å². The number of rotatable bonds is 5. The van der Waals surface area contributed by atoms with Gasteiger partial charge in [0.15, 0.2) is 0 Å². The van der Waals surface area contributed by atoms with Crippen LogP contribution in [-0.4, -0.2) is 29.2 Å².